The van der Waals surface area contributed by atoms with Gasteiger partial charge in [-0.15, -0.1) is 0 Å². The lowest BCUT2D eigenvalue weighted by molar-refractivity contribution is -0.184. The second kappa shape index (κ2) is 5.33. The maximum atomic E-state index is 11.0. The number of hydrogen-bond acceptors (Lipinski definition) is 4. The molecule has 0 fully saturated rings. The Hall–Kier alpha value is -1.46. The van der Waals surface area contributed by atoms with Crippen molar-refractivity contribution in [1.82, 2.24) is 5.32 Å². The highest BCUT2D eigenvalue weighted by atomic mass is 19.3. The average Bonchev–Trinajstić information content (AvgIpc) is 2.03. The standard InChI is InChI=1S/C5H6FNO4/c6-11-5(10)1-4(2-8)7-3-9/h2-4H,1H2,(H,7,9). The first kappa shape index (κ1) is 9.54. The van der Waals surface area contributed by atoms with Crippen molar-refractivity contribution in [2.75, 3.05) is 0 Å². The van der Waals surface area contributed by atoms with Gasteiger partial charge in [0.25, 0.3) is 0 Å². The van der Waals surface area contributed by atoms with E-state index in [1.54, 1.807) is 0 Å². The van der Waals surface area contributed by atoms with Crippen LogP contribution in [0.25, 0.3) is 0 Å². The van der Waals surface area contributed by atoms with Crippen molar-refractivity contribution in [3.8, 4) is 0 Å². The van der Waals surface area contributed by atoms with E-state index >= 15 is 0 Å². The minimum Gasteiger partial charge on any atom is -0.349 e. The van der Waals surface area contributed by atoms with Gasteiger partial charge in [-0.1, -0.05) is 0 Å². The molecule has 0 aromatic carbocycles. The van der Waals surface area contributed by atoms with Crippen molar-refractivity contribution in [2.24, 2.45) is 0 Å². The summed E-state index contributed by atoms with van der Waals surface area (Å²) in [7, 11) is 0. The Labute approximate surface area is 61.4 Å². The highest BCUT2D eigenvalue weighted by Gasteiger charge is 2.13. The summed E-state index contributed by atoms with van der Waals surface area (Å²) in [5.74, 6) is -1.20. The highest BCUT2D eigenvalue weighted by molar-refractivity contribution is 5.76. The van der Waals surface area contributed by atoms with Crippen LogP contribution in [0.15, 0.2) is 0 Å². The normalized spacial score (nSPS) is 11.4. The minimum absolute atomic E-state index is 0.241. The smallest absolute Gasteiger partial charge is 0.349 e. The third kappa shape index (κ3) is 4.01. The number of halogens is 1. The second-order valence-corrected chi connectivity index (χ2v) is 1.68. The summed E-state index contributed by atoms with van der Waals surface area (Å²) in [6, 6.07) is -1.02. The van der Waals surface area contributed by atoms with Gasteiger partial charge in [-0.25, -0.2) is 4.79 Å². The lowest BCUT2D eigenvalue weighted by Gasteiger charge is -2.03. The van der Waals surface area contributed by atoms with Crippen LogP contribution < -0.4 is 5.32 Å². The van der Waals surface area contributed by atoms with E-state index in [0.29, 0.717) is 6.29 Å². The number of nitrogens with one attached hydrogen (secondary N) is 1. The zero-order valence-electron chi connectivity index (χ0n) is 5.45. The van der Waals surface area contributed by atoms with Crippen molar-refractivity contribution in [3.63, 3.8) is 0 Å². The number of carbonyl (C=O) groups excluding carboxylic acids is 3. The van der Waals surface area contributed by atoms with Crippen LogP contribution in [0.1, 0.15) is 6.42 Å². The molecular formula is C5H6FNO4. The van der Waals surface area contributed by atoms with Crippen LogP contribution in [0.2, 0.25) is 0 Å². The molecule has 0 saturated heterocycles. The quantitative estimate of drug-likeness (QED) is 0.534. The van der Waals surface area contributed by atoms with E-state index in [1.807, 2.05) is 5.32 Å². The van der Waals surface area contributed by atoms with Crippen LogP contribution in [0.4, 0.5) is 4.53 Å². The molecule has 0 heterocycles. The van der Waals surface area contributed by atoms with Crippen LogP contribution in [-0.4, -0.2) is 24.7 Å². The van der Waals surface area contributed by atoms with E-state index < -0.39 is 18.4 Å². The summed E-state index contributed by atoms with van der Waals surface area (Å²) in [6.07, 6.45) is 0.0502. The Kier molecular flexibility index (Phi) is 4.63. The van der Waals surface area contributed by atoms with Crippen LogP contribution in [0, 0.1) is 0 Å². The van der Waals surface area contributed by atoms with Crippen LogP contribution in [0.5, 0.6) is 0 Å². The molecule has 1 amide bonds. The average molecular weight is 163 g/mol. The SMILES string of the molecule is O=CNC(C=O)CC(=O)OF. The van der Waals surface area contributed by atoms with E-state index in [2.05, 4.69) is 4.94 Å². The molecule has 1 N–H and O–H groups in total. The molecular weight excluding hydrogens is 157 g/mol. The molecule has 0 aliphatic rings. The predicted molar refractivity (Wildman–Crippen MR) is 30.9 cm³/mol. The van der Waals surface area contributed by atoms with E-state index in [-0.39, 0.29) is 6.41 Å². The molecule has 62 valence electrons. The largest absolute Gasteiger partial charge is 0.351 e. The molecule has 0 saturated carbocycles. The van der Waals surface area contributed by atoms with Gasteiger partial charge >= 0.3 is 5.97 Å². The third-order valence-corrected chi connectivity index (χ3v) is 0.919. The van der Waals surface area contributed by atoms with Gasteiger partial charge in [0.05, 0.1) is 12.5 Å². The Morgan fingerprint density at radius 2 is 2.27 bits per heavy atom. The van der Waals surface area contributed by atoms with Crippen LogP contribution in [0.3, 0.4) is 0 Å². The molecule has 0 aliphatic carbocycles. The maximum Gasteiger partial charge on any atom is 0.351 e. The number of hydrogen-bond donors (Lipinski definition) is 1. The molecule has 0 radical (unpaired) electrons. The zero-order chi connectivity index (χ0) is 8.69. The molecule has 1 atom stereocenters. The Bertz CT molecular complexity index is 161. The Morgan fingerprint density at radius 1 is 1.64 bits per heavy atom. The monoisotopic (exact) mass is 163 g/mol. The summed E-state index contributed by atoms with van der Waals surface area (Å²) in [6.45, 7) is 0. The molecule has 0 spiro atoms. The zero-order valence-corrected chi connectivity index (χ0v) is 5.45. The van der Waals surface area contributed by atoms with E-state index in [9.17, 15) is 18.9 Å². The molecule has 6 heteroatoms. The fourth-order valence-electron chi connectivity index (χ4n) is 0.445. The Morgan fingerprint density at radius 3 is 2.64 bits per heavy atom. The van der Waals surface area contributed by atoms with E-state index in [0.717, 1.165) is 0 Å². The van der Waals surface area contributed by atoms with Gasteiger partial charge in [-0.2, -0.15) is 0 Å². The predicted octanol–water partition coefficient (Wildman–Crippen LogP) is -0.882. The molecule has 11 heavy (non-hydrogen) atoms. The van der Waals surface area contributed by atoms with Crippen molar-refractivity contribution in [2.45, 2.75) is 12.5 Å². The van der Waals surface area contributed by atoms with Crippen molar-refractivity contribution in [3.05, 3.63) is 0 Å². The van der Waals surface area contributed by atoms with Gasteiger partial charge in [-0.05, 0) is 0 Å². The number of carbonyl (C=O) groups is 3. The first-order valence-corrected chi connectivity index (χ1v) is 2.71. The first-order chi connectivity index (χ1) is 5.24. The van der Waals surface area contributed by atoms with Gasteiger partial charge in [0.1, 0.15) is 6.29 Å². The molecule has 0 aromatic heterocycles. The van der Waals surface area contributed by atoms with Crippen LogP contribution >= 0.6 is 0 Å². The van der Waals surface area contributed by atoms with Gasteiger partial charge in [0, 0.05) is 4.53 Å². The lowest BCUT2D eigenvalue weighted by Crippen LogP contribution is -2.31. The fourth-order valence-corrected chi connectivity index (χ4v) is 0.445. The second-order valence-electron chi connectivity index (χ2n) is 1.68. The number of amides is 1. The maximum absolute atomic E-state index is 11.0. The van der Waals surface area contributed by atoms with Gasteiger partial charge in [0.15, 0.2) is 0 Å². The third-order valence-electron chi connectivity index (χ3n) is 0.919. The fraction of sp³-hybridized carbons (Fsp3) is 0.400. The van der Waals surface area contributed by atoms with Crippen molar-refractivity contribution >= 4 is 18.7 Å². The molecule has 0 aromatic rings. The number of rotatable bonds is 5. The molecule has 0 bridgehead atoms. The summed E-state index contributed by atoms with van der Waals surface area (Å²) >= 11 is 0. The molecule has 5 nitrogen and oxygen atoms in total. The molecule has 0 aliphatic heterocycles. The van der Waals surface area contributed by atoms with Gasteiger partial charge in [-0.3, -0.25) is 9.74 Å². The minimum atomic E-state index is -1.20. The Balaban J connectivity index is 3.76. The summed E-state index contributed by atoms with van der Waals surface area (Å²) < 4.78 is 11.0. The first-order valence-electron chi connectivity index (χ1n) is 2.71. The van der Waals surface area contributed by atoms with Gasteiger partial charge in [0.2, 0.25) is 6.41 Å². The summed E-state index contributed by atoms with van der Waals surface area (Å²) in [4.78, 5) is 32.6. The topological polar surface area (TPSA) is 72.5 Å². The van der Waals surface area contributed by atoms with Crippen molar-refractivity contribution in [1.29, 1.82) is 0 Å². The van der Waals surface area contributed by atoms with Gasteiger partial charge < -0.3 is 10.1 Å². The number of aldehydes is 1. The summed E-state index contributed by atoms with van der Waals surface area (Å²) in [5.41, 5.74) is 0. The lowest BCUT2D eigenvalue weighted by atomic mass is 10.2. The van der Waals surface area contributed by atoms with E-state index in [1.165, 1.54) is 0 Å². The summed E-state index contributed by atoms with van der Waals surface area (Å²) in [5, 5.41) is 1.98. The highest BCUT2D eigenvalue weighted by Crippen LogP contribution is 1.91. The van der Waals surface area contributed by atoms with Crippen LogP contribution in [-0.2, 0) is 19.3 Å². The van der Waals surface area contributed by atoms with Crippen molar-refractivity contribution < 1.29 is 23.9 Å². The van der Waals surface area contributed by atoms with E-state index in [4.69, 9.17) is 0 Å². The molecule has 0 rings (SSSR count). The molecule has 1 unspecified atom stereocenters.